The van der Waals surface area contributed by atoms with E-state index in [1.54, 1.807) is 0 Å². The summed E-state index contributed by atoms with van der Waals surface area (Å²) in [4.78, 5) is 7.77. The fourth-order valence-electron chi connectivity index (χ4n) is 9.77. The highest BCUT2D eigenvalue weighted by Gasteiger charge is 2.49. The monoisotopic (exact) mass is 759 g/mol. The van der Waals surface area contributed by atoms with E-state index in [-0.39, 0.29) is 11.5 Å². The van der Waals surface area contributed by atoms with Crippen LogP contribution in [0.15, 0.2) is 200 Å². The van der Waals surface area contributed by atoms with Crippen molar-refractivity contribution in [2.75, 3.05) is 4.90 Å². The van der Waals surface area contributed by atoms with Crippen molar-refractivity contribution in [2.45, 2.75) is 18.4 Å². The van der Waals surface area contributed by atoms with Gasteiger partial charge in [-0.2, -0.15) is 0 Å². The number of aromatic nitrogens is 2. The minimum Gasteiger partial charge on any atom is -0.332 e. The minimum atomic E-state index is -0.254. The van der Waals surface area contributed by atoms with E-state index in [0.29, 0.717) is 0 Å². The number of nitrogens with zero attached hydrogens (tertiary/aromatic N) is 3. The summed E-state index contributed by atoms with van der Waals surface area (Å²) in [6, 6.07) is 63.8. The molecule has 12 rings (SSSR count). The van der Waals surface area contributed by atoms with Crippen molar-refractivity contribution in [3.05, 3.63) is 206 Å². The molecule has 2 unspecified atom stereocenters. The molecule has 0 spiro atoms. The first-order chi connectivity index (χ1) is 28.7. The Morgan fingerprint density at radius 3 is 1.88 bits per heavy atom. The van der Waals surface area contributed by atoms with Gasteiger partial charge in [0.2, 0.25) is 0 Å². The molecule has 0 amide bonds. The van der Waals surface area contributed by atoms with Crippen LogP contribution in [0.1, 0.15) is 12.5 Å². The van der Waals surface area contributed by atoms with Crippen LogP contribution in [0.25, 0.3) is 81.3 Å². The Kier molecular flexibility index (Phi) is 7.29. The number of hydrogen-bond acceptors (Lipinski definition) is 3. The van der Waals surface area contributed by atoms with Crippen LogP contribution in [0.5, 0.6) is 0 Å². The molecule has 3 aromatic heterocycles. The lowest BCUT2D eigenvalue weighted by molar-refractivity contribution is 0.554. The van der Waals surface area contributed by atoms with Crippen LogP contribution in [-0.2, 0) is 5.41 Å². The Hall–Kier alpha value is -7.01. The van der Waals surface area contributed by atoms with E-state index in [0.717, 1.165) is 39.3 Å². The highest BCUT2D eigenvalue weighted by molar-refractivity contribution is 7.26. The molecule has 4 heterocycles. The van der Waals surface area contributed by atoms with E-state index in [9.17, 15) is 0 Å². The molecule has 0 radical (unpaired) electrons. The zero-order chi connectivity index (χ0) is 38.4. The van der Waals surface area contributed by atoms with Gasteiger partial charge in [-0.25, -0.2) is 4.98 Å². The summed E-state index contributed by atoms with van der Waals surface area (Å²) in [5, 5.41) is 5.24. The number of fused-ring (bicyclic) bond motifs is 12. The third-order valence-corrected chi connectivity index (χ3v) is 13.6. The van der Waals surface area contributed by atoms with Crippen molar-refractivity contribution < 1.29 is 0 Å². The molecule has 3 nitrogen and oxygen atoms in total. The largest absolute Gasteiger partial charge is 0.332 e. The topological polar surface area (TPSA) is 21.1 Å². The second-order valence-corrected chi connectivity index (χ2v) is 16.7. The van der Waals surface area contributed by atoms with Crippen LogP contribution >= 0.6 is 11.3 Å². The van der Waals surface area contributed by atoms with E-state index in [4.69, 9.17) is 4.98 Å². The highest BCUT2D eigenvalue weighted by atomic mass is 32.1. The van der Waals surface area contributed by atoms with Crippen LogP contribution < -0.4 is 4.90 Å². The number of benzene rings is 7. The number of hydrogen-bond donors (Lipinski definition) is 0. The molecule has 0 bridgehead atoms. The van der Waals surface area contributed by atoms with Gasteiger partial charge >= 0.3 is 0 Å². The van der Waals surface area contributed by atoms with Gasteiger partial charge in [0.15, 0.2) is 0 Å². The maximum absolute atomic E-state index is 5.15. The maximum atomic E-state index is 5.15. The number of pyridine rings is 1. The van der Waals surface area contributed by atoms with Crippen LogP contribution in [0.3, 0.4) is 0 Å². The average Bonchev–Trinajstić information content (AvgIpc) is 3.93. The second kappa shape index (κ2) is 12.8. The van der Waals surface area contributed by atoms with E-state index in [1.807, 2.05) is 11.3 Å². The molecule has 0 fully saturated rings. The van der Waals surface area contributed by atoms with Gasteiger partial charge in [0.05, 0.1) is 38.9 Å². The Balaban J connectivity index is 1.13. The summed E-state index contributed by atoms with van der Waals surface area (Å²) in [6.07, 6.45) is 9.33. The van der Waals surface area contributed by atoms with Gasteiger partial charge in [0.1, 0.15) is 0 Å². The zero-order valence-corrected chi connectivity index (χ0v) is 32.7. The second-order valence-electron chi connectivity index (χ2n) is 15.7. The van der Waals surface area contributed by atoms with E-state index < -0.39 is 0 Å². The molecule has 10 aromatic rings. The number of anilines is 2. The smallest absolute Gasteiger partial charge is 0.0715 e. The Morgan fingerprint density at radius 1 is 0.552 bits per heavy atom. The van der Waals surface area contributed by atoms with Crippen molar-refractivity contribution in [1.82, 2.24) is 9.55 Å². The Bertz CT molecular complexity index is 3230. The predicted molar refractivity (Wildman–Crippen MR) is 246 cm³/mol. The van der Waals surface area contributed by atoms with Crippen molar-refractivity contribution in [2.24, 2.45) is 0 Å². The quantitative estimate of drug-likeness (QED) is 0.174. The van der Waals surface area contributed by atoms with Gasteiger partial charge in [-0.1, -0.05) is 152 Å². The highest BCUT2D eigenvalue weighted by Crippen LogP contribution is 2.60. The predicted octanol–water partition coefficient (Wildman–Crippen LogP) is 14.5. The van der Waals surface area contributed by atoms with Crippen LogP contribution in [0, 0.1) is 0 Å². The molecule has 1 aliphatic carbocycles. The molecule has 0 saturated heterocycles. The lowest BCUT2D eigenvalue weighted by atomic mass is 9.74. The third kappa shape index (κ3) is 4.82. The molecule has 7 aromatic carbocycles. The number of rotatable bonds is 5. The number of thiophene rings is 1. The fourth-order valence-corrected chi connectivity index (χ4v) is 11.0. The maximum Gasteiger partial charge on any atom is 0.0715 e. The first-order valence-corrected chi connectivity index (χ1v) is 20.8. The lowest BCUT2D eigenvalue weighted by Crippen LogP contribution is -2.39. The van der Waals surface area contributed by atoms with Gasteiger partial charge in [-0.05, 0) is 72.1 Å². The van der Waals surface area contributed by atoms with Crippen molar-refractivity contribution in [1.29, 1.82) is 0 Å². The van der Waals surface area contributed by atoms with Crippen molar-refractivity contribution >= 4 is 64.7 Å². The van der Waals surface area contributed by atoms with Gasteiger partial charge in [-0.15, -0.1) is 11.3 Å². The summed E-state index contributed by atoms with van der Waals surface area (Å²) in [6.45, 7) is 2.45. The van der Waals surface area contributed by atoms with E-state index in [1.165, 1.54) is 58.9 Å². The van der Waals surface area contributed by atoms with Gasteiger partial charge in [-0.3, -0.25) is 0 Å². The molecule has 58 heavy (non-hydrogen) atoms. The summed E-state index contributed by atoms with van der Waals surface area (Å²) in [7, 11) is 0. The van der Waals surface area contributed by atoms with Gasteiger partial charge < -0.3 is 9.47 Å². The molecule has 2 aliphatic rings. The van der Waals surface area contributed by atoms with Crippen LogP contribution in [-0.4, -0.2) is 15.6 Å². The standard InChI is InChI=1S/C54H37N3S/c1-54-32-16-15-27-47(54)57(39-21-9-4-10-22-39)52-50(54)48-41-23-11-13-25-45(41)56(51(48)49-42-24-12-14-26-46(42)58-53(49)52)40-30-28-35(29-31-40)38-33-43(36-17-5-2-6-18-36)55-44(34-38)37-19-7-3-8-20-37/h2-34,47H,1H3. The molecular formula is C54H37N3S. The molecule has 274 valence electrons. The van der Waals surface area contributed by atoms with Crippen LogP contribution in [0.4, 0.5) is 11.4 Å². The van der Waals surface area contributed by atoms with E-state index in [2.05, 4.69) is 217 Å². The molecule has 2 atom stereocenters. The molecule has 4 heteroatoms. The summed E-state index contributed by atoms with van der Waals surface area (Å²) < 4.78 is 5.18. The number of para-hydroxylation sites is 2. The Morgan fingerprint density at radius 2 is 1.17 bits per heavy atom. The normalized spacial score (nSPS) is 17.1. The minimum absolute atomic E-state index is 0.136. The molecular weight excluding hydrogens is 723 g/mol. The van der Waals surface area contributed by atoms with E-state index >= 15 is 0 Å². The fraction of sp³-hybridized carbons (Fsp3) is 0.0556. The molecule has 1 aliphatic heterocycles. The lowest BCUT2D eigenvalue weighted by Gasteiger charge is -2.34. The summed E-state index contributed by atoms with van der Waals surface area (Å²) in [5.74, 6) is 0. The first kappa shape index (κ1) is 33.2. The first-order valence-electron chi connectivity index (χ1n) is 20.0. The van der Waals surface area contributed by atoms with Gasteiger partial charge in [0, 0.05) is 54.2 Å². The van der Waals surface area contributed by atoms with Crippen molar-refractivity contribution in [3.63, 3.8) is 0 Å². The SMILES string of the molecule is CC12C=CC=CC1N(c1ccccc1)c1c2c2c3ccccc3n(-c3ccc(-c4cc(-c5ccccc5)nc(-c5ccccc5)c4)cc3)c2c2c1sc1ccccc12. The zero-order valence-electron chi connectivity index (χ0n) is 31.9. The third-order valence-electron chi connectivity index (χ3n) is 12.4. The van der Waals surface area contributed by atoms with Crippen LogP contribution in [0.2, 0.25) is 0 Å². The molecule has 0 saturated carbocycles. The average molecular weight is 760 g/mol. The summed E-state index contributed by atoms with van der Waals surface area (Å²) >= 11 is 1.93. The summed E-state index contributed by atoms with van der Waals surface area (Å²) in [5.41, 5.74) is 13.8. The van der Waals surface area contributed by atoms with Gasteiger partial charge in [0.25, 0.3) is 0 Å². The van der Waals surface area contributed by atoms with Crippen molar-refractivity contribution in [3.8, 4) is 39.3 Å². The Labute approximate surface area is 341 Å². The number of allylic oxidation sites excluding steroid dienone is 2. The molecule has 0 N–H and O–H groups in total.